The number of carbonyl (C=O) groups excluding carboxylic acids is 1. The molecule has 4 rings (SSSR count). The summed E-state index contributed by atoms with van der Waals surface area (Å²) < 4.78 is 34.3. The number of rotatable bonds is 5. The van der Waals surface area contributed by atoms with E-state index in [0.29, 0.717) is 49.1 Å². The minimum absolute atomic E-state index is 0.00443. The van der Waals surface area contributed by atoms with Crippen molar-refractivity contribution in [3.63, 3.8) is 0 Å². The van der Waals surface area contributed by atoms with Crippen LogP contribution in [0.4, 0.5) is 8.78 Å². The fourth-order valence-electron chi connectivity index (χ4n) is 4.51. The van der Waals surface area contributed by atoms with E-state index in [1.807, 2.05) is 36.4 Å². The molecule has 4 heterocycles. The van der Waals surface area contributed by atoms with Crippen LogP contribution in [0.1, 0.15) is 72.9 Å². The smallest absolute Gasteiger partial charge is 0.264 e. The van der Waals surface area contributed by atoms with Gasteiger partial charge in [-0.15, -0.1) is 0 Å². The quantitative estimate of drug-likeness (QED) is 0.588. The first kappa shape index (κ1) is 21.4. The number of halogens is 2. The molecule has 1 fully saturated rings. The lowest BCUT2D eigenvalue weighted by molar-refractivity contribution is -0.133. The number of piperidine rings is 1. The summed E-state index contributed by atoms with van der Waals surface area (Å²) >= 11 is 0. The lowest BCUT2D eigenvalue weighted by Crippen LogP contribution is -2.39. The van der Waals surface area contributed by atoms with Crippen LogP contribution < -0.4 is 0 Å². The molecule has 1 aliphatic rings. The molecule has 0 bridgehead atoms. The summed E-state index contributed by atoms with van der Waals surface area (Å²) in [6, 6.07) is 3.45. The molecule has 0 saturated carbocycles. The van der Waals surface area contributed by atoms with E-state index in [1.165, 1.54) is 6.07 Å². The molecule has 9 heteroatoms. The Kier molecular flexibility index (Phi) is 5.77. The molecule has 0 N–H and O–H groups in total. The molecular formula is C22H27F2N5O2. The number of fused-ring (bicyclic) bond motifs is 1. The normalized spacial score (nSPS) is 16.4. The third kappa shape index (κ3) is 4.18. The molecule has 3 aromatic heterocycles. The summed E-state index contributed by atoms with van der Waals surface area (Å²) in [5.74, 6) is 0.0887. The summed E-state index contributed by atoms with van der Waals surface area (Å²) in [5.41, 5.74) is 3.05. The Morgan fingerprint density at radius 2 is 1.94 bits per heavy atom. The summed E-state index contributed by atoms with van der Waals surface area (Å²) in [7, 11) is 0. The summed E-state index contributed by atoms with van der Waals surface area (Å²) in [6.07, 6.45) is -0.897. The van der Waals surface area contributed by atoms with Gasteiger partial charge in [0.25, 0.3) is 12.1 Å². The molecule has 166 valence electrons. The van der Waals surface area contributed by atoms with Crippen molar-refractivity contribution in [2.24, 2.45) is 0 Å². The van der Waals surface area contributed by atoms with Crippen LogP contribution in [0.15, 0.2) is 16.7 Å². The molecule has 3 aromatic rings. The fraction of sp³-hybridized carbons (Fsp3) is 0.545. The van der Waals surface area contributed by atoms with Crippen molar-refractivity contribution in [3.05, 3.63) is 40.5 Å². The van der Waals surface area contributed by atoms with Gasteiger partial charge in [-0.05, 0) is 52.7 Å². The standard InChI is InChI=1S/C22H27F2N5O2/c1-12-9-13(2)29(26-12)14(3)10-19(30)28-7-5-16(6-8-28)18-11-17(21(23)24)20-15(4)27-31-22(20)25-18/h9,11,14,16,21H,5-8,10H2,1-4H3/t14-/m1/s1. The monoisotopic (exact) mass is 431 g/mol. The maximum absolute atomic E-state index is 13.6. The highest BCUT2D eigenvalue weighted by Gasteiger charge is 2.28. The van der Waals surface area contributed by atoms with E-state index >= 15 is 0 Å². The molecule has 31 heavy (non-hydrogen) atoms. The summed E-state index contributed by atoms with van der Waals surface area (Å²) in [6.45, 7) is 8.71. The summed E-state index contributed by atoms with van der Waals surface area (Å²) in [4.78, 5) is 19.1. The first-order valence-corrected chi connectivity index (χ1v) is 10.6. The predicted molar refractivity (Wildman–Crippen MR) is 111 cm³/mol. The lowest BCUT2D eigenvalue weighted by atomic mass is 9.91. The number of hydrogen-bond acceptors (Lipinski definition) is 5. The van der Waals surface area contributed by atoms with Crippen molar-refractivity contribution in [1.82, 2.24) is 24.8 Å². The second-order valence-corrected chi connectivity index (χ2v) is 8.47. The zero-order valence-corrected chi connectivity index (χ0v) is 18.2. The van der Waals surface area contributed by atoms with E-state index in [2.05, 4.69) is 15.2 Å². The highest BCUT2D eigenvalue weighted by Crippen LogP contribution is 2.35. The second-order valence-electron chi connectivity index (χ2n) is 8.47. The zero-order valence-electron chi connectivity index (χ0n) is 18.2. The molecule has 1 amide bonds. The van der Waals surface area contributed by atoms with Gasteiger partial charge in [-0.2, -0.15) is 5.10 Å². The average molecular weight is 431 g/mol. The molecular weight excluding hydrogens is 404 g/mol. The molecule has 1 atom stereocenters. The molecule has 0 aliphatic carbocycles. The van der Waals surface area contributed by atoms with Crippen LogP contribution in [0.5, 0.6) is 0 Å². The van der Waals surface area contributed by atoms with E-state index < -0.39 is 6.43 Å². The van der Waals surface area contributed by atoms with Crippen molar-refractivity contribution < 1.29 is 18.1 Å². The predicted octanol–water partition coefficient (Wildman–Crippen LogP) is 4.64. The number of hydrogen-bond donors (Lipinski definition) is 0. The Hall–Kier alpha value is -2.84. The van der Waals surface area contributed by atoms with E-state index in [1.54, 1.807) is 6.92 Å². The number of alkyl halides is 2. The largest absolute Gasteiger partial charge is 0.343 e. The number of aryl methyl sites for hydroxylation is 3. The Morgan fingerprint density at radius 3 is 2.55 bits per heavy atom. The topological polar surface area (TPSA) is 77.0 Å². The van der Waals surface area contributed by atoms with E-state index in [0.717, 1.165) is 11.4 Å². The maximum Gasteiger partial charge on any atom is 0.264 e. The van der Waals surface area contributed by atoms with Gasteiger partial charge in [-0.3, -0.25) is 9.48 Å². The van der Waals surface area contributed by atoms with Crippen molar-refractivity contribution in [2.45, 2.75) is 65.3 Å². The van der Waals surface area contributed by atoms with Gasteiger partial charge >= 0.3 is 0 Å². The molecule has 0 radical (unpaired) electrons. The minimum Gasteiger partial charge on any atom is -0.343 e. The molecule has 0 spiro atoms. The number of likely N-dealkylation sites (tertiary alicyclic amines) is 1. The summed E-state index contributed by atoms with van der Waals surface area (Å²) in [5, 5.41) is 8.56. The fourth-order valence-corrected chi connectivity index (χ4v) is 4.51. The lowest BCUT2D eigenvalue weighted by Gasteiger charge is -2.32. The number of pyridine rings is 1. The van der Waals surface area contributed by atoms with Crippen LogP contribution in [0.3, 0.4) is 0 Å². The first-order valence-electron chi connectivity index (χ1n) is 10.6. The van der Waals surface area contributed by atoms with Crippen LogP contribution in [0.25, 0.3) is 11.1 Å². The Labute approximate surface area is 179 Å². The van der Waals surface area contributed by atoms with Gasteiger partial charge < -0.3 is 9.42 Å². The van der Waals surface area contributed by atoms with Gasteiger partial charge in [-0.25, -0.2) is 13.8 Å². The number of carbonyl (C=O) groups is 1. The second kappa shape index (κ2) is 8.36. The Morgan fingerprint density at radius 1 is 1.23 bits per heavy atom. The van der Waals surface area contributed by atoms with E-state index in [9.17, 15) is 13.6 Å². The third-order valence-electron chi connectivity index (χ3n) is 6.10. The number of amides is 1. The molecule has 1 aliphatic heterocycles. The highest BCUT2D eigenvalue weighted by molar-refractivity contribution is 5.80. The van der Waals surface area contributed by atoms with Gasteiger partial charge in [0.05, 0.1) is 22.8 Å². The highest BCUT2D eigenvalue weighted by atomic mass is 19.3. The van der Waals surface area contributed by atoms with Gasteiger partial charge in [0.1, 0.15) is 0 Å². The zero-order chi connectivity index (χ0) is 22.3. The van der Waals surface area contributed by atoms with Gasteiger partial charge in [-0.1, -0.05) is 5.16 Å². The molecule has 7 nitrogen and oxygen atoms in total. The van der Waals surface area contributed by atoms with Crippen LogP contribution >= 0.6 is 0 Å². The maximum atomic E-state index is 13.6. The third-order valence-corrected chi connectivity index (χ3v) is 6.10. The first-order chi connectivity index (χ1) is 14.7. The van der Waals surface area contributed by atoms with E-state index in [-0.39, 0.29) is 29.1 Å². The average Bonchev–Trinajstić information content (AvgIpc) is 3.28. The van der Waals surface area contributed by atoms with Crippen molar-refractivity contribution >= 4 is 17.0 Å². The van der Waals surface area contributed by atoms with E-state index in [4.69, 9.17) is 4.52 Å². The molecule has 1 saturated heterocycles. The van der Waals surface area contributed by atoms with Gasteiger partial charge in [0, 0.05) is 42.4 Å². The van der Waals surface area contributed by atoms with Gasteiger partial charge in [0.15, 0.2) is 0 Å². The van der Waals surface area contributed by atoms with Gasteiger partial charge in [0.2, 0.25) is 5.91 Å². The molecule has 0 aromatic carbocycles. The SMILES string of the molecule is Cc1cc(C)n([C@H](C)CC(=O)N2CCC(c3cc(C(F)F)c4c(C)noc4n3)CC2)n1. The minimum atomic E-state index is -2.63. The van der Waals surface area contributed by atoms with Crippen molar-refractivity contribution in [2.75, 3.05) is 13.1 Å². The van der Waals surface area contributed by atoms with Crippen LogP contribution in [-0.2, 0) is 4.79 Å². The van der Waals surface area contributed by atoms with Crippen molar-refractivity contribution in [1.29, 1.82) is 0 Å². The number of aromatic nitrogens is 4. The van der Waals surface area contributed by atoms with Crippen molar-refractivity contribution in [3.8, 4) is 0 Å². The van der Waals surface area contributed by atoms with Crippen LogP contribution in [0, 0.1) is 20.8 Å². The van der Waals surface area contributed by atoms with Crippen LogP contribution in [0.2, 0.25) is 0 Å². The van der Waals surface area contributed by atoms with Crippen LogP contribution in [-0.4, -0.2) is 43.8 Å². The number of nitrogens with zero attached hydrogens (tertiary/aromatic N) is 5. The Balaban J connectivity index is 1.43. The Bertz CT molecular complexity index is 1100. The molecule has 0 unspecified atom stereocenters.